The standard InChI is InChI=1S/C15H17N3O/c1-11(2)17-15(19)12-8-14(10-16-9-12)18-13-6-4-3-5-7-13/h3-11,18H,1-2H3,(H,17,19). The smallest absolute Gasteiger partial charge is 0.253 e. The Morgan fingerprint density at radius 2 is 1.84 bits per heavy atom. The lowest BCUT2D eigenvalue weighted by molar-refractivity contribution is 0.0943. The minimum Gasteiger partial charge on any atom is -0.354 e. The van der Waals surface area contributed by atoms with Crippen LogP contribution in [-0.2, 0) is 0 Å². The minimum absolute atomic E-state index is 0.109. The second-order valence-corrected chi connectivity index (χ2v) is 4.58. The number of pyridine rings is 1. The zero-order valence-corrected chi connectivity index (χ0v) is 11.1. The fraction of sp³-hybridized carbons (Fsp3) is 0.200. The zero-order chi connectivity index (χ0) is 13.7. The summed E-state index contributed by atoms with van der Waals surface area (Å²) < 4.78 is 0. The van der Waals surface area contributed by atoms with Crippen molar-refractivity contribution >= 4 is 17.3 Å². The summed E-state index contributed by atoms with van der Waals surface area (Å²) >= 11 is 0. The van der Waals surface area contributed by atoms with Crippen molar-refractivity contribution in [3.05, 3.63) is 54.4 Å². The Morgan fingerprint density at radius 1 is 1.11 bits per heavy atom. The van der Waals surface area contributed by atoms with Gasteiger partial charge in [-0.1, -0.05) is 18.2 Å². The van der Waals surface area contributed by atoms with E-state index in [1.807, 2.05) is 44.2 Å². The molecule has 0 saturated heterocycles. The third kappa shape index (κ3) is 3.81. The number of rotatable bonds is 4. The highest BCUT2D eigenvalue weighted by Crippen LogP contribution is 2.16. The van der Waals surface area contributed by atoms with Crippen LogP contribution in [0.2, 0.25) is 0 Å². The van der Waals surface area contributed by atoms with Gasteiger partial charge in [0.2, 0.25) is 0 Å². The first-order valence-corrected chi connectivity index (χ1v) is 6.23. The predicted molar refractivity (Wildman–Crippen MR) is 76.6 cm³/mol. The molecule has 0 bridgehead atoms. The molecule has 98 valence electrons. The van der Waals surface area contributed by atoms with Crippen LogP contribution in [0.4, 0.5) is 11.4 Å². The van der Waals surface area contributed by atoms with Crippen LogP contribution in [0.1, 0.15) is 24.2 Å². The lowest BCUT2D eigenvalue weighted by atomic mass is 10.2. The number of nitrogens with one attached hydrogen (secondary N) is 2. The highest BCUT2D eigenvalue weighted by molar-refractivity contribution is 5.95. The lowest BCUT2D eigenvalue weighted by Gasteiger charge is -2.10. The zero-order valence-electron chi connectivity index (χ0n) is 11.1. The molecule has 2 N–H and O–H groups in total. The molecule has 1 heterocycles. The van der Waals surface area contributed by atoms with E-state index in [4.69, 9.17) is 0 Å². The molecule has 1 amide bonds. The first kappa shape index (κ1) is 13.1. The molecule has 0 aliphatic rings. The van der Waals surface area contributed by atoms with Crippen molar-refractivity contribution in [2.75, 3.05) is 5.32 Å². The number of aromatic nitrogens is 1. The Kier molecular flexibility index (Phi) is 4.13. The van der Waals surface area contributed by atoms with Crippen molar-refractivity contribution in [1.82, 2.24) is 10.3 Å². The van der Waals surface area contributed by atoms with Crippen LogP contribution in [0, 0.1) is 0 Å². The fourth-order valence-electron chi connectivity index (χ4n) is 1.67. The van der Waals surface area contributed by atoms with Gasteiger partial charge in [0.1, 0.15) is 0 Å². The molecule has 0 radical (unpaired) electrons. The Labute approximate surface area is 112 Å². The largest absolute Gasteiger partial charge is 0.354 e. The lowest BCUT2D eigenvalue weighted by Crippen LogP contribution is -2.30. The van der Waals surface area contributed by atoms with Crippen molar-refractivity contribution in [2.45, 2.75) is 19.9 Å². The minimum atomic E-state index is -0.112. The molecule has 1 aromatic carbocycles. The highest BCUT2D eigenvalue weighted by atomic mass is 16.1. The van der Waals surface area contributed by atoms with E-state index in [1.54, 1.807) is 18.5 Å². The molecule has 0 unspecified atom stereocenters. The van der Waals surface area contributed by atoms with Gasteiger partial charge in [-0.2, -0.15) is 0 Å². The van der Waals surface area contributed by atoms with E-state index in [-0.39, 0.29) is 11.9 Å². The number of carbonyl (C=O) groups excluding carboxylic acids is 1. The summed E-state index contributed by atoms with van der Waals surface area (Å²) in [4.78, 5) is 16.0. The SMILES string of the molecule is CC(C)NC(=O)c1cncc(Nc2ccccc2)c1. The van der Waals surface area contributed by atoms with Crippen LogP contribution in [0.3, 0.4) is 0 Å². The van der Waals surface area contributed by atoms with Crippen LogP contribution in [0.25, 0.3) is 0 Å². The van der Waals surface area contributed by atoms with Gasteiger partial charge in [-0.25, -0.2) is 0 Å². The van der Waals surface area contributed by atoms with Crippen LogP contribution < -0.4 is 10.6 Å². The number of nitrogens with zero attached hydrogens (tertiary/aromatic N) is 1. The Balaban J connectivity index is 2.13. The maximum Gasteiger partial charge on any atom is 0.253 e. The molecule has 0 aliphatic heterocycles. The molecule has 19 heavy (non-hydrogen) atoms. The van der Waals surface area contributed by atoms with Gasteiger partial charge in [0.05, 0.1) is 17.4 Å². The summed E-state index contributed by atoms with van der Waals surface area (Å²) in [7, 11) is 0. The number of hydrogen-bond acceptors (Lipinski definition) is 3. The summed E-state index contributed by atoms with van der Waals surface area (Å²) in [5, 5.41) is 6.05. The molecule has 4 heteroatoms. The van der Waals surface area contributed by atoms with Gasteiger partial charge >= 0.3 is 0 Å². The van der Waals surface area contributed by atoms with Gasteiger partial charge in [-0.3, -0.25) is 9.78 Å². The summed E-state index contributed by atoms with van der Waals surface area (Å²) in [5.74, 6) is -0.112. The quantitative estimate of drug-likeness (QED) is 0.883. The van der Waals surface area contributed by atoms with Gasteiger partial charge in [-0.15, -0.1) is 0 Å². The van der Waals surface area contributed by atoms with Crippen LogP contribution >= 0.6 is 0 Å². The number of amides is 1. The molecule has 2 aromatic rings. The van der Waals surface area contributed by atoms with Crippen molar-refractivity contribution < 1.29 is 4.79 Å². The fourth-order valence-corrected chi connectivity index (χ4v) is 1.67. The van der Waals surface area contributed by atoms with Crippen LogP contribution in [-0.4, -0.2) is 16.9 Å². The van der Waals surface area contributed by atoms with Crippen molar-refractivity contribution in [2.24, 2.45) is 0 Å². The van der Waals surface area contributed by atoms with Crippen LogP contribution in [0.15, 0.2) is 48.8 Å². The second kappa shape index (κ2) is 6.00. The van der Waals surface area contributed by atoms with Crippen LogP contribution in [0.5, 0.6) is 0 Å². The van der Waals surface area contributed by atoms with Gasteiger partial charge < -0.3 is 10.6 Å². The molecular weight excluding hydrogens is 238 g/mol. The molecule has 0 spiro atoms. The average Bonchev–Trinajstić information content (AvgIpc) is 2.39. The molecular formula is C15H17N3O. The van der Waals surface area contributed by atoms with Crippen molar-refractivity contribution in [3.8, 4) is 0 Å². The maximum absolute atomic E-state index is 11.9. The van der Waals surface area contributed by atoms with E-state index in [1.165, 1.54) is 0 Å². The number of carbonyl (C=O) groups is 1. The molecule has 0 saturated carbocycles. The molecule has 4 nitrogen and oxygen atoms in total. The van der Waals surface area contributed by atoms with Gasteiger partial charge in [0, 0.05) is 17.9 Å². The van der Waals surface area contributed by atoms with Crippen molar-refractivity contribution in [3.63, 3.8) is 0 Å². The maximum atomic E-state index is 11.9. The number of benzene rings is 1. The number of anilines is 2. The van der Waals surface area contributed by atoms with E-state index in [0.717, 1.165) is 11.4 Å². The first-order valence-electron chi connectivity index (χ1n) is 6.23. The monoisotopic (exact) mass is 255 g/mol. The molecule has 2 rings (SSSR count). The van der Waals surface area contributed by atoms with E-state index in [0.29, 0.717) is 5.56 Å². The van der Waals surface area contributed by atoms with E-state index >= 15 is 0 Å². The molecule has 0 fully saturated rings. The van der Waals surface area contributed by atoms with E-state index in [2.05, 4.69) is 15.6 Å². The Hall–Kier alpha value is -2.36. The third-order valence-electron chi connectivity index (χ3n) is 2.48. The average molecular weight is 255 g/mol. The van der Waals surface area contributed by atoms with E-state index < -0.39 is 0 Å². The second-order valence-electron chi connectivity index (χ2n) is 4.58. The van der Waals surface area contributed by atoms with Gasteiger partial charge in [-0.05, 0) is 32.0 Å². The first-order chi connectivity index (χ1) is 9.15. The normalized spacial score (nSPS) is 10.3. The predicted octanol–water partition coefficient (Wildman–Crippen LogP) is 2.96. The summed E-state index contributed by atoms with van der Waals surface area (Å²) in [6, 6.07) is 11.7. The van der Waals surface area contributed by atoms with Crippen molar-refractivity contribution in [1.29, 1.82) is 0 Å². The van der Waals surface area contributed by atoms with Gasteiger partial charge in [0.15, 0.2) is 0 Å². The Morgan fingerprint density at radius 3 is 2.53 bits per heavy atom. The van der Waals surface area contributed by atoms with Gasteiger partial charge in [0.25, 0.3) is 5.91 Å². The number of para-hydroxylation sites is 1. The van der Waals surface area contributed by atoms with E-state index in [9.17, 15) is 4.79 Å². The topological polar surface area (TPSA) is 54.0 Å². The third-order valence-corrected chi connectivity index (χ3v) is 2.48. The summed E-state index contributed by atoms with van der Waals surface area (Å²) in [5.41, 5.74) is 2.31. The Bertz CT molecular complexity index is 552. The summed E-state index contributed by atoms with van der Waals surface area (Å²) in [6.45, 7) is 3.86. The molecule has 0 aliphatic carbocycles. The summed E-state index contributed by atoms with van der Waals surface area (Å²) in [6.07, 6.45) is 3.26. The molecule has 0 atom stereocenters. The number of hydrogen-bond donors (Lipinski definition) is 2. The molecule has 1 aromatic heterocycles. The highest BCUT2D eigenvalue weighted by Gasteiger charge is 2.08.